The first kappa shape index (κ1) is 17.0. The number of nitrogens with one attached hydrogen (secondary N) is 1. The van der Waals surface area contributed by atoms with E-state index >= 15 is 0 Å². The molecule has 0 aliphatic carbocycles. The Labute approximate surface area is 140 Å². The van der Waals surface area contributed by atoms with Crippen molar-refractivity contribution in [3.8, 4) is 0 Å². The van der Waals surface area contributed by atoms with E-state index in [1.54, 1.807) is 17.5 Å². The van der Waals surface area contributed by atoms with Crippen molar-refractivity contribution in [1.29, 1.82) is 0 Å². The lowest BCUT2D eigenvalue weighted by atomic mass is 10.3. The van der Waals surface area contributed by atoms with Crippen LogP contribution >= 0.6 is 35.3 Å². The molecule has 2 rings (SSSR count). The number of aryl methyl sites for hydroxylation is 1. The molecule has 0 amide bonds. The number of aliphatic imine (C=N–C) groups is 1. The molecular weight excluding hydrogens is 385 g/mol. The summed E-state index contributed by atoms with van der Waals surface area (Å²) in [6, 6.07) is 6.11. The topological polar surface area (TPSA) is 68.2 Å². The van der Waals surface area contributed by atoms with Crippen LogP contribution in [0.25, 0.3) is 0 Å². The molecular formula is C13H20IN5S. The maximum atomic E-state index is 5.79. The van der Waals surface area contributed by atoms with Gasteiger partial charge in [-0.15, -0.1) is 35.3 Å². The van der Waals surface area contributed by atoms with Crippen molar-refractivity contribution in [3.63, 3.8) is 0 Å². The van der Waals surface area contributed by atoms with Crippen LogP contribution in [0.1, 0.15) is 11.3 Å². The van der Waals surface area contributed by atoms with Crippen molar-refractivity contribution in [1.82, 2.24) is 15.1 Å². The molecule has 0 spiro atoms. The Kier molecular flexibility index (Phi) is 8.28. The van der Waals surface area contributed by atoms with Crippen LogP contribution in [0.5, 0.6) is 0 Å². The van der Waals surface area contributed by atoms with E-state index in [1.807, 2.05) is 16.9 Å². The smallest absolute Gasteiger partial charge is 0.188 e. The fraction of sp³-hybridized carbons (Fsp3) is 0.385. The van der Waals surface area contributed by atoms with Gasteiger partial charge in [0.25, 0.3) is 0 Å². The lowest BCUT2D eigenvalue weighted by molar-refractivity contribution is 0.584. The van der Waals surface area contributed by atoms with Crippen LogP contribution in [0.3, 0.4) is 0 Å². The highest BCUT2D eigenvalue weighted by Gasteiger charge is 1.95. The van der Waals surface area contributed by atoms with Crippen molar-refractivity contribution in [2.45, 2.75) is 19.4 Å². The predicted molar refractivity (Wildman–Crippen MR) is 94.8 cm³/mol. The number of aromatic nitrogens is 2. The summed E-state index contributed by atoms with van der Waals surface area (Å²) < 4.78 is 1.90. The maximum Gasteiger partial charge on any atom is 0.188 e. The van der Waals surface area contributed by atoms with Gasteiger partial charge in [0.1, 0.15) is 0 Å². The lowest BCUT2D eigenvalue weighted by Crippen LogP contribution is -2.33. The van der Waals surface area contributed by atoms with E-state index in [9.17, 15) is 0 Å². The second kappa shape index (κ2) is 9.76. The van der Waals surface area contributed by atoms with Gasteiger partial charge in [-0.1, -0.05) is 6.07 Å². The van der Waals surface area contributed by atoms with E-state index in [4.69, 9.17) is 5.73 Å². The highest BCUT2D eigenvalue weighted by molar-refractivity contribution is 14.0. The molecule has 5 nitrogen and oxygen atoms in total. The first-order chi connectivity index (χ1) is 9.34. The van der Waals surface area contributed by atoms with Crippen LogP contribution < -0.4 is 11.1 Å². The molecule has 0 bridgehead atoms. The number of nitrogens with zero attached hydrogens (tertiary/aromatic N) is 3. The fourth-order valence-corrected chi connectivity index (χ4v) is 2.40. The summed E-state index contributed by atoms with van der Waals surface area (Å²) in [6.07, 6.45) is 5.66. The zero-order valence-corrected chi connectivity index (χ0v) is 14.4. The monoisotopic (exact) mass is 405 g/mol. The molecule has 20 heavy (non-hydrogen) atoms. The third-order valence-electron chi connectivity index (χ3n) is 2.64. The SMILES string of the molecule is I.NC(=NCCCn1cccn1)NCCc1cccs1. The summed E-state index contributed by atoms with van der Waals surface area (Å²) in [6.45, 7) is 2.42. The molecule has 0 aromatic carbocycles. The number of thiophene rings is 1. The van der Waals surface area contributed by atoms with Gasteiger partial charge in [0.2, 0.25) is 0 Å². The Balaban J connectivity index is 0.00000200. The maximum absolute atomic E-state index is 5.79. The number of hydrogen-bond acceptors (Lipinski definition) is 3. The van der Waals surface area contributed by atoms with E-state index in [-0.39, 0.29) is 24.0 Å². The molecule has 0 saturated carbocycles. The second-order valence-corrected chi connectivity index (χ2v) is 5.18. The largest absolute Gasteiger partial charge is 0.370 e. The van der Waals surface area contributed by atoms with E-state index in [0.29, 0.717) is 5.96 Å². The molecule has 2 heterocycles. The Morgan fingerprint density at radius 1 is 1.45 bits per heavy atom. The molecule has 0 aliphatic heterocycles. The van der Waals surface area contributed by atoms with Gasteiger partial charge in [-0.3, -0.25) is 9.67 Å². The Morgan fingerprint density at radius 2 is 2.35 bits per heavy atom. The zero-order valence-electron chi connectivity index (χ0n) is 11.2. The van der Waals surface area contributed by atoms with Crippen LogP contribution in [0.4, 0.5) is 0 Å². The highest BCUT2D eigenvalue weighted by atomic mass is 127. The van der Waals surface area contributed by atoms with Gasteiger partial charge in [-0.25, -0.2) is 0 Å². The van der Waals surface area contributed by atoms with Gasteiger partial charge in [0.15, 0.2) is 5.96 Å². The average Bonchev–Trinajstić information content (AvgIpc) is 3.07. The first-order valence-electron chi connectivity index (χ1n) is 6.38. The quantitative estimate of drug-likeness (QED) is 0.321. The predicted octanol–water partition coefficient (Wildman–Crippen LogP) is 2.10. The number of rotatable bonds is 7. The molecule has 0 unspecified atom stereocenters. The van der Waals surface area contributed by atoms with E-state index in [1.165, 1.54) is 4.88 Å². The Morgan fingerprint density at radius 3 is 3.05 bits per heavy atom. The molecule has 0 aliphatic rings. The molecule has 3 N–H and O–H groups in total. The number of halogens is 1. The van der Waals surface area contributed by atoms with E-state index in [2.05, 4.69) is 32.9 Å². The normalized spacial score (nSPS) is 11.1. The summed E-state index contributed by atoms with van der Waals surface area (Å²) in [5.41, 5.74) is 5.79. The minimum absolute atomic E-state index is 0. The van der Waals surface area contributed by atoms with Gasteiger partial charge in [-0.2, -0.15) is 5.10 Å². The molecule has 110 valence electrons. The van der Waals surface area contributed by atoms with Crippen LogP contribution in [0, 0.1) is 0 Å². The molecule has 7 heteroatoms. The summed E-state index contributed by atoms with van der Waals surface area (Å²) in [5.74, 6) is 0.525. The van der Waals surface area contributed by atoms with Crippen molar-refractivity contribution >= 4 is 41.3 Å². The van der Waals surface area contributed by atoms with Crippen molar-refractivity contribution in [3.05, 3.63) is 40.8 Å². The second-order valence-electron chi connectivity index (χ2n) is 4.15. The lowest BCUT2D eigenvalue weighted by Gasteiger charge is -2.04. The highest BCUT2D eigenvalue weighted by Crippen LogP contribution is 2.07. The molecule has 0 radical (unpaired) electrons. The van der Waals surface area contributed by atoms with Gasteiger partial charge in [0.05, 0.1) is 0 Å². The molecule has 2 aromatic rings. The summed E-state index contributed by atoms with van der Waals surface area (Å²) in [7, 11) is 0. The molecule has 2 aromatic heterocycles. The minimum Gasteiger partial charge on any atom is -0.370 e. The minimum atomic E-state index is 0. The standard InChI is InChI=1S/C13H19N5S.HI/c14-13(16-8-5-12-4-1-11-19-12)15-6-2-9-18-10-3-7-17-18;/h1,3-4,7,10-11H,2,5-6,8-9H2,(H3,14,15,16);1H. The van der Waals surface area contributed by atoms with E-state index < -0.39 is 0 Å². The van der Waals surface area contributed by atoms with Gasteiger partial charge in [-0.05, 0) is 30.4 Å². The molecule has 0 atom stereocenters. The third kappa shape index (κ3) is 6.38. The van der Waals surface area contributed by atoms with Gasteiger partial charge < -0.3 is 11.1 Å². The Bertz CT molecular complexity index is 481. The van der Waals surface area contributed by atoms with Crippen LogP contribution in [-0.4, -0.2) is 28.8 Å². The first-order valence-corrected chi connectivity index (χ1v) is 7.26. The molecule has 0 saturated heterocycles. The summed E-state index contributed by atoms with van der Waals surface area (Å²) in [5, 5.41) is 9.35. The molecule has 0 fully saturated rings. The van der Waals surface area contributed by atoms with Crippen molar-refractivity contribution < 1.29 is 0 Å². The summed E-state index contributed by atoms with van der Waals surface area (Å²) >= 11 is 1.76. The van der Waals surface area contributed by atoms with Gasteiger partial charge in [0, 0.05) is 36.9 Å². The Hall–Kier alpha value is -1.09. The van der Waals surface area contributed by atoms with Gasteiger partial charge >= 0.3 is 0 Å². The average molecular weight is 405 g/mol. The van der Waals surface area contributed by atoms with Crippen LogP contribution in [-0.2, 0) is 13.0 Å². The third-order valence-corrected chi connectivity index (χ3v) is 3.58. The van der Waals surface area contributed by atoms with Crippen molar-refractivity contribution in [2.24, 2.45) is 10.7 Å². The number of hydrogen-bond donors (Lipinski definition) is 2. The van der Waals surface area contributed by atoms with Crippen LogP contribution in [0.2, 0.25) is 0 Å². The number of nitrogens with two attached hydrogens (primary N) is 1. The zero-order chi connectivity index (χ0) is 13.3. The van der Waals surface area contributed by atoms with Crippen LogP contribution in [0.15, 0.2) is 41.0 Å². The summed E-state index contributed by atoms with van der Waals surface area (Å²) in [4.78, 5) is 5.65. The van der Waals surface area contributed by atoms with E-state index in [0.717, 1.165) is 32.5 Å². The number of guanidine groups is 1. The van der Waals surface area contributed by atoms with Crippen molar-refractivity contribution in [2.75, 3.05) is 13.1 Å². The fourth-order valence-electron chi connectivity index (χ4n) is 1.69.